The first-order valence-corrected chi connectivity index (χ1v) is 7.25. The Kier molecular flexibility index (Phi) is 3.85. The summed E-state index contributed by atoms with van der Waals surface area (Å²) in [5, 5.41) is 3.79. The summed E-state index contributed by atoms with van der Waals surface area (Å²) in [4.78, 5) is 28.9. The van der Waals surface area contributed by atoms with E-state index in [1.54, 1.807) is 44.4 Å². The van der Waals surface area contributed by atoms with Gasteiger partial charge in [-0.3, -0.25) is 9.59 Å². The van der Waals surface area contributed by atoms with Gasteiger partial charge in [0.1, 0.15) is 5.69 Å². The molecule has 0 aliphatic heterocycles. The van der Waals surface area contributed by atoms with Crippen LogP contribution in [0, 0.1) is 0 Å². The number of amides is 2. The summed E-state index contributed by atoms with van der Waals surface area (Å²) in [6, 6.07) is 16.4. The van der Waals surface area contributed by atoms with Crippen LogP contribution >= 0.6 is 0 Å². The third-order valence-corrected chi connectivity index (χ3v) is 3.55. The van der Waals surface area contributed by atoms with E-state index in [9.17, 15) is 9.59 Å². The maximum atomic E-state index is 12.4. The molecule has 1 aromatic heterocycles. The van der Waals surface area contributed by atoms with E-state index in [-0.39, 0.29) is 11.8 Å². The summed E-state index contributed by atoms with van der Waals surface area (Å²) in [6.45, 7) is 0. The molecule has 0 bridgehead atoms. The number of nitrogens with zero attached hydrogens (tertiary/aromatic N) is 1. The number of carbonyl (C=O) groups excluding carboxylic acids is 2. The number of aromatic amines is 1. The molecule has 5 heteroatoms. The van der Waals surface area contributed by atoms with Crippen LogP contribution in [0.25, 0.3) is 10.9 Å². The van der Waals surface area contributed by atoms with Gasteiger partial charge in [-0.1, -0.05) is 24.3 Å². The first-order chi connectivity index (χ1) is 11.0. The van der Waals surface area contributed by atoms with Crippen molar-refractivity contribution in [2.45, 2.75) is 0 Å². The molecule has 0 unspecified atom stereocenters. The van der Waals surface area contributed by atoms with Crippen LogP contribution in [0.15, 0.2) is 54.6 Å². The average Bonchev–Trinajstić information content (AvgIpc) is 2.98. The van der Waals surface area contributed by atoms with Crippen molar-refractivity contribution >= 4 is 28.4 Å². The molecular formula is C18H17N3O2. The number of H-pyrrole nitrogens is 1. The van der Waals surface area contributed by atoms with Crippen molar-refractivity contribution in [3.63, 3.8) is 0 Å². The van der Waals surface area contributed by atoms with Gasteiger partial charge in [-0.25, -0.2) is 0 Å². The van der Waals surface area contributed by atoms with Crippen molar-refractivity contribution < 1.29 is 9.59 Å². The summed E-state index contributed by atoms with van der Waals surface area (Å²) in [6.07, 6.45) is 0. The molecule has 0 aliphatic rings. The van der Waals surface area contributed by atoms with Crippen molar-refractivity contribution in [3.8, 4) is 0 Å². The number of carbonyl (C=O) groups is 2. The summed E-state index contributed by atoms with van der Waals surface area (Å²) in [7, 11) is 3.39. The van der Waals surface area contributed by atoms with Gasteiger partial charge in [0.2, 0.25) is 0 Å². The quantitative estimate of drug-likeness (QED) is 0.781. The minimum atomic E-state index is -0.240. The Hall–Kier alpha value is -3.08. The Balaban J connectivity index is 1.82. The van der Waals surface area contributed by atoms with Crippen LogP contribution in [-0.4, -0.2) is 35.8 Å². The summed E-state index contributed by atoms with van der Waals surface area (Å²) >= 11 is 0. The molecule has 1 heterocycles. The lowest BCUT2D eigenvalue weighted by Gasteiger charge is -2.11. The van der Waals surface area contributed by atoms with Crippen LogP contribution in [-0.2, 0) is 0 Å². The fraction of sp³-hybridized carbons (Fsp3) is 0.111. The number of nitrogens with one attached hydrogen (secondary N) is 2. The Morgan fingerprint density at radius 2 is 1.78 bits per heavy atom. The molecule has 2 N–H and O–H groups in total. The highest BCUT2D eigenvalue weighted by atomic mass is 16.2. The number of aromatic nitrogens is 1. The molecule has 23 heavy (non-hydrogen) atoms. The predicted molar refractivity (Wildman–Crippen MR) is 90.7 cm³/mol. The van der Waals surface area contributed by atoms with Crippen LogP contribution in [0.5, 0.6) is 0 Å². The molecule has 2 amide bonds. The zero-order chi connectivity index (χ0) is 16.4. The Labute approximate surface area is 133 Å². The topological polar surface area (TPSA) is 65.2 Å². The van der Waals surface area contributed by atoms with Gasteiger partial charge >= 0.3 is 0 Å². The highest BCUT2D eigenvalue weighted by molar-refractivity contribution is 6.06. The zero-order valence-corrected chi connectivity index (χ0v) is 13.0. The molecule has 0 saturated heterocycles. The fourth-order valence-corrected chi connectivity index (χ4v) is 2.38. The molecule has 0 radical (unpaired) electrons. The summed E-state index contributed by atoms with van der Waals surface area (Å²) < 4.78 is 0. The SMILES string of the molecule is CN(C)C(=O)c1cccc(NC(=O)c2cc3ccccc3[nH]2)c1. The number of benzene rings is 2. The molecule has 3 aromatic rings. The van der Waals surface area contributed by atoms with Gasteiger partial charge in [0.15, 0.2) is 0 Å². The van der Waals surface area contributed by atoms with Crippen molar-refractivity contribution in [1.82, 2.24) is 9.88 Å². The minimum Gasteiger partial charge on any atom is -0.351 e. The Bertz CT molecular complexity index is 848. The predicted octanol–water partition coefficient (Wildman–Crippen LogP) is 3.12. The molecule has 0 spiro atoms. The van der Waals surface area contributed by atoms with Crippen molar-refractivity contribution in [2.24, 2.45) is 0 Å². The third kappa shape index (κ3) is 3.08. The lowest BCUT2D eigenvalue weighted by Crippen LogP contribution is -2.22. The molecule has 3 rings (SSSR count). The molecule has 0 atom stereocenters. The van der Waals surface area contributed by atoms with E-state index in [1.165, 1.54) is 4.90 Å². The first kappa shape index (κ1) is 14.8. The van der Waals surface area contributed by atoms with E-state index in [0.29, 0.717) is 16.9 Å². The van der Waals surface area contributed by atoms with Crippen LogP contribution < -0.4 is 5.32 Å². The van der Waals surface area contributed by atoms with Crippen LogP contribution in [0.1, 0.15) is 20.8 Å². The minimum absolute atomic E-state index is 0.105. The first-order valence-electron chi connectivity index (χ1n) is 7.25. The maximum Gasteiger partial charge on any atom is 0.272 e. The van der Waals surface area contributed by atoms with E-state index >= 15 is 0 Å². The summed E-state index contributed by atoms with van der Waals surface area (Å²) in [5.41, 5.74) is 2.51. The van der Waals surface area contributed by atoms with Crippen molar-refractivity contribution in [1.29, 1.82) is 0 Å². The number of rotatable bonds is 3. The molecule has 0 saturated carbocycles. The van der Waals surface area contributed by atoms with E-state index in [0.717, 1.165) is 10.9 Å². The average molecular weight is 307 g/mol. The number of hydrogen-bond acceptors (Lipinski definition) is 2. The van der Waals surface area contributed by atoms with Gasteiger partial charge < -0.3 is 15.2 Å². The van der Waals surface area contributed by atoms with Gasteiger partial charge in [-0.05, 0) is 30.3 Å². The largest absolute Gasteiger partial charge is 0.351 e. The van der Waals surface area contributed by atoms with E-state index in [4.69, 9.17) is 0 Å². The van der Waals surface area contributed by atoms with E-state index in [2.05, 4.69) is 10.3 Å². The monoisotopic (exact) mass is 307 g/mol. The van der Waals surface area contributed by atoms with Crippen molar-refractivity contribution in [3.05, 3.63) is 65.9 Å². The third-order valence-electron chi connectivity index (χ3n) is 3.55. The molecule has 5 nitrogen and oxygen atoms in total. The lowest BCUT2D eigenvalue weighted by molar-refractivity contribution is 0.0827. The lowest BCUT2D eigenvalue weighted by atomic mass is 10.2. The smallest absolute Gasteiger partial charge is 0.272 e. The zero-order valence-electron chi connectivity index (χ0n) is 13.0. The van der Waals surface area contributed by atoms with Gasteiger partial charge in [-0.15, -0.1) is 0 Å². The van der Waals surface area contributed by atoms with E-state index in [1.807, 2.05) is 24.3 Å². The van der Waals surface area contributed by atoms with Gasteiger partial charge in [0, 0.05) is 36.2 Å². The van der Waals surface area contributed by atoms with Crippen LogP contribution in [0.3, 0.4) is 0 Å². The van der Waals surface area contributed by atoms with Crippen LogP contribution in [0.4, 0.5) is 5.69 Å². The number of hydrogen-bond donors (Lipinski definition) is 2. The number of fused-ring (bicyclic) bond motifs is 1. The Morgan fingerprint density at radius 3 is 2.52 bits per heavy atom. The van der Waals surface area contributed by atoms with Crippen molar-refractivity contribution in [2.75, 3.05) is 19.4 Å². The molecule has 2 aromatic carbocycles. The fourth-order valence-electron chi connectivity index (χ4n) is 2.38. The number of para-hydroxylation sites is 1. The van der Waals surface area contributed by atoms with E-state index < -0.39 is 0 Å². The van der Waals surface area contributed by atoms with Gasteiger partial charge in [-0.2, -0.15) is 0 Å². The highest BCUT2D eigenvalue weighted by Crippen LogP contribution is 2.17. The van der Waals surface area contributed by atoms with Gasteiger partial charge in [0.25, 0.3) is 11.8 Å². The molecule has 0 aliphatic carbocycles. The molecule has 0 fully saturated rings. The normalized spacial score (nSPS) is 10.5. The standard InChI is InChI=1S/C18H17N3O2/c1-21(2)18(23)13-7-5-8-14(10-13)19-17(22)16-11-12-6-3-4-9-15(12)20-16/h3-11,20H,1-2H3,(H,19,22). The van der Waals surface area contributed by atoms with Gasteiger partial charge in [0.05, 0.1) is 0 Å². The maximum absolute atomic E-state index is 12.4. The Morgan fingerprint density at radius 1 is 1.00 bits per heavy atom. The van der Waals surface area contributed by atoms with Crippen LogP contribution in [0.2, 0.25) is 0 Å². The molecular weight excluding hydrogens is 290 g/mol. The second kappa shape index (κ2) is 5.96. The number of anilines is 1. The summed E-state index contributed by atoms with van der Waals surface area (Å²) in [5.74, 6) is -0.345. The highest BCUT2D eigenvalue weighted by Gasteiger charge is 2.12. The molecule has 116 valence electrons. The second-order valence-electron chi connectivity index (χ2n) is 5.50. The second-order valence-corrected chi connectivity index (χ2v) is 5.50.